The Hall–Kier alpha value is -3.41. The summed E-state index contributed by atoms with van der Waals surface area (Å²) in [6, 6.07) is 14.5. The first-order valence-electron chi connectivity index (χ1n) is 11.4. The Labute approximate surface area is 196 Å². The Morgan fingerprint density at radius 1 is 0.794 bits per heavy atom. The Morgan fingerprint density at radius 3 is 2.29 bits per heavy atom. The third kappa shape index (κ3) is 5.38. The number of aromatic nitrogens is 1. The molecule has 0 unspecified atom stereocenters. The molecule has 0 N–H and O–H groups in total. The van der Waals surface area contributed by atoms with Gasteiger partial charge in [0.15, 0.2) is 17.5 Å². The van der Waals surface area contributed by atoms with Crippen LogP contribution >= 0.6 is 0 Å². The normalized spacial score (nSPS) is 11.2. The van der Waals surface area contributed by atoms with Gasteiger partial charge in [-0.15, -0.1) is 0 Å². The summed E-state index contributed by atoms with van der Waals surface area (Å²) in [5, 5.41) is 1.17. The molecule has 4 aromatic rings. The van der Waals surface area contributed by atoms with Crippen molar-refractivity contribution in [2.45, 2.75) is 39.0 Å². The molecule has 0 aliphatic carbocycles. The van der Waals surface area contributed by atoms with E-state index < -0.39 is 17.5 Å². The lowest BCUT2D eigenvalue weighted by atomic mass is 9.98. The van der Waals surface area contributed by atoms with Gasteiger partial charge in [0, 0.05) is 10.9 Å². The molecule has 1 aromatic heterocycles. The number of ether oxygens (including phenoxy) is 1. The third-order valence-corrected chi connectivity index (χ3v) is 5.81. The van der Waals surface area contributed by atoms with E-state index in [1.165, 1.54) is 0 Å². The Bertz CT molecular complexity index is 1260. The van der Waals surface area contributed by atoms with E-state index in [9.17, 15) is 13.2 Å². The average molecular weight is 468 g/mol. The molecule has 0 spiro atoms. The number of fused-ring (bicyclic) bond motifs is 1. The Balaban J connectivity index is 1.48. The predicted octanol–water partition coefficient (Wildman–Crippen LogP) is 7.81. The molecule has 0 bridgehead atoms. The van der Waals surface area contributed by atoms with Crippen LogP contribution in [0.1, 0.15) is 37.3 Å². The van der Waals surface area contributed by atoms with Crippen LogP contribution < -0.4 is 4.74 Å². The lowest BCUT2D eigenvalue weighted by Crippen LogP contribution is -1.99. The number of aryl methyl sites for hydroxylation is 2. The van der Waals surface area contributed by atoms with E-state index in [1.54, 1.807) is 18.3 Å². The zero-order valence-corrected chi connectivity index (χ0v) is 18.9. The summed E-state index contributed by atoms with van der Waals surface area (Å²) in [7, 11) is 0. The van der Waals surface area contributed by atoms with Gasteiger partial charge in [0.25, 0.3) is 0 Å². The van der Waals surface area contributed by atoms with Gasteiger partial charge in [-0.25, -0.2) is 17.6 Å². The Morgan fingerprint density at radius 2 is 1.59 bits per heavy atom. The van der Waals surface area contributed by atoms with Crippen molar-refractivity contribution in [3.05, 3.63) is 95.2 Å². The highest BCUT2D eigenvalue weighted by Gasteiger charge is 2.13. The van der Waals surface area contributed by atoms with Gasteiger partial charge >= 0.3 is 0 Å². The number of benzene rings is 3. The quantitative estimate of drug-likeness (QED) is 0.142. The first kappa shape index (κ1) is 23.7. The van der Waals surface area contributed by atoms with Crippen LogP contribution in [0.15, 0.2) is 60.8 Å². The maximum Gasteiger partial charge on any atom is 0.194 e. The maximum atomic E-state index is 15.1. The van der Waals surface area contributed by atoms with Crippen molar-refractivity contribution in [1.82, 2.24) is 4.98 Å². The summed E-state index contributed by atoms with van der Waals surface area (Å²) in [5.74, 6) is -3.65. The van der Waals surface area contributed by atoms with Crippen molar-refractivity contribution in [2.75, 3.05) is 6.61 Å². The second-order valence-electron chi connectivity index (χ2n) is 8.28. The monoisotopic (exact) mass is 467 g/mol. The zero-order valence-electron chi connectivity index (χ0n) is 18.9. The second kappa shape index (κ2) is 10.7. The smallest absolute Gasteiger partial charge is 0.194 e. The third-order valence-electron chi connectivity index (χ3n) is 5.81. The number of halogens is 4. The zero-order chi connectivity index (χ0) is 24.1. The van der Waals surface area contributed by atoms with Crippen molar-refractivity contribution in [3.63, 3.8) is 0 Å². The van der Waals surface area contributed by atoms with Crippen molar-refractivity contribution in [3.8, 4) is 17.0 Å². The molecule has 4 rings (SSSR count). The fraction of sp³-hybridized carbons (Fsp3) is 0.250. The Kier molecular flexibility index (Phi) is 7.46. The van der Waals surface area contributed by atoms with Crippen molar-refractivity contribution in [2.24, 2.45) is 0 Å². The molecule has 0 amide bonds. The van der Waals surface area contributed by atoms with Gasteiger partial charge in [0.2, 0.25) is 0 Å². The van der Waals surface area contributed by atoms with Crippen molar-refractivity contribution >= 4 is 10.8 Å². The number of hydrogen-bond donors (Lipinski definition) is 0. The predicted molar refractivity (Wildman–Crippen MR) is 126 cm³/mol. The molecular formula is C28H25F4NO. The highest BCUT2D eigenvalue weighted by atomic mass is 19.2. The summed E-state index contributed by atoms with van der Waals surface area (Å²) < 4.78 is 60.8. The second-order valence-corrected chi connectivity index (χ2v) is 8.28. The van der Waals surface area contributed by atoms with Gasteiger partial charge in [0.05, 0.1) is 18.5 Å². The van der Waals surface area contributed by atoms with Gasteiger partial charge in [-0.05, 0) is 66.1 Å². The maximum absolute atomic E-state index is 15.1. The molecule has 3 aromatic carbocycles. The van der Waals surface area contributed by atoms with Crippen LogP contribution in [0, 0.1) is 23.3 Å². The minimum absolute atomic E-state index is 0.186. The number of nitrogens with zero attached hydrogens (tertiary/aromatic N) is 1. The molecule has 0 saturated carbocycles. The van der Waals surface area contributed by atoms with E-state index >= 15 is 4.39 Å². The molecule has 0 fully saturated rings. The number of pyridine rings is 1. The van der Waals surface area contributed by atoms with E-state index in [0.29, 0.717) is 17.6 Å². The van der Waals surface area contributed by atoms with E-state index in [4.69, 9.17) is 4.74 Å². The summed E-state index contributed by atoms with van der Waals surface area (Å²) in [5.41, 5.74) is 2.31. The highest BCUT2D eigenvalue weighted by molar-refractivity contribution is 5.88. The van der Waals surface area contributed by atoms with Crippen LogP contribution in [0.4, 0.5) is 17.6 Å². The molecule has 0 atom stereocenters. The van der Waals surface area contributed by atoms with Crippen LogP contribution in [-0.2, 0) is 12.8 Å². The van der Waals surface area contributed by atoms with Crippen LogP contribution in [0.25, 0.3) is 22.0 Å². The summed E-state index contributed by atoms with van der Waals surface area (Å²) in [6.07, 6.45) is 5.38. The molecular weight excluding hydrogens is 442 g/mol. The largest absolute Gasteiger partial charge is 0.492 e. The first-order valence-corrected chi connectivity index (χ1v) is 11.4. The number of unbranched alkanes of at least 4 members (excludes halogenated alkanes) is 2. The van der Waals surface area contributed by atoms with Crippen molar-refractivity contribution in [1.29, 1.82) is 0 Å². The number of hydrogen-bond acceptors (Lipinski definition) is 2. The summed E-state index contributed by atoms with van der Waals surface area (Å²) in [4.78, 5) is 4.47. The molecule has 34 heavy (non-hydrogen) atoms. The lowest BCUT2D eigenvalue weighted by molar-refractivity contribution is 0.305. The van der Waals surface area contributed by atoms with Crippen LogP contribution in [0.3, 0.4) is 0 Å². The highest BCUT2D eigenvalue weighted by Crippen LogP contribution is 2.28. The molecule has 0 aliphatic rings. The van der Waals surface area contributed by atoms with Crippen LogP contribution in [0.5, 0.6) is 5.75 Å². The fourth-order valence-corrected chi connectivity index (χ4v) is 3.90. The fourth-order valence-electron chi connectivity index (χ4n) is 3.90. The first-order chi connectivity index (χ1) is 16.5. The lowest BCUT2D eigenvalue weighted by Gasteiger charge is -2.10. The molecule has 1 heterocycles. The van der Waals surface area contributed by atoms with E-state index in [1.807, 2.05) is 30.3 Å². The molecule has 0 saturated heterocycles. The molecule has 0 aliphatic heterocycles. The van der Waals surface area contributed by atoms with Gasteiger partial charge in [-0.1, -0.05) is 44.0 Å². The van der Waals surface area contributed by atoms with E-state index in [2.05, 4.69) is 11.9 Å². The number of rotatable bonds is 9. The molecule has 0 radical (unpaired) electrons. The molecule has 176 valence electrons. The van der Waals surface area contributed by atoms with E-state index in [-0.39, 0.29) is 24.2 Å². The average Bonchev–Trinajstić information content (AvgIpc) is 2.85. The van der Waals surface area contributed by atoms with Gasteiger partial charge < -0.3 is 4.74 Å². The van der Waals surface area contributed by atoms with Gasteiger partial charge in [-0.3, -0.25) is 4.98 Å². The molecule has 2 nitrogen and oxygen atoms in total. The topological polar surface area (TPSA) is 22.1 Å². The summed E-state index contributed by atoms with van der Waals surface area (Å²) in [6.45, 7) is 2.81. The minimum atomic E-state index is -1.50. The van der Waals surface area contributed by atoms with Gasteiger partial charge in [-0.2, -0.15) is 0 Å². The van der Waals surface area contributed by atoms with Crippen molar-refractivity contribution < 1.29 is 22.3 Å². The van der Waals surface area contributed by atoms with Gasteiger partial charge in [0.1, 0.15) is 11.6 Å². The SMILES string of the molecule is CCCCCOc1ccc(-c2ccc3c(F)c(CCc4cc(F)c(F)c(F)c4)ccc3c2)nc1. The molecule has 6 heteroatoms. The van der Waals surface area contributed by atoms with E-state index in [0.717, 1.165) is 53.8 Å². The standard InChI is InChI=1S/C28H25F4NO/c1-2-3-4-13-34-22-10-12-26(33-17-22)21-9-11-23-20(16-21)8-7-19(27(23)31)6-5-18-14-24(29)28(32)25(30)15-18/h7-12,14-17H,2-6,13H2,1H3. The van der Waals surface area contributed by atoms with Crippen LogP contribution in [-0.4, -0.2) is 11.6 Å². The summed E-state index contributed by atoms with van der Waals surface area (Å²) >= 11 is 0. The minimum Gasteiger partial charge on any atom is -0.492 e. The van der Waals surface area contributed by atoms with Crippen LogP contribution in [0.2, 0.25) is 0 Å².